The lowest BCUT2D eigenvalue weighted by atomic mass is 10.4. The molecule has 0 rings (SSSR count). The Morgan fingerprint density at radius 2 is 1.62 bits per heavy atom. The first kappa shape index (κ1) is 15.5. The van der Waals surface area contributed by atoms with Crippen molar-refractivity contribution in [3.63, 3.8) is 0 Å². The summed E-state index contributed by atoms with van der Waals surface area (Å²) in [5.41, 5.74) is 9.78. The second-order valence-corrected chi connectivity index (χ2v) is 5.28. The van der Waals surface area contributed by atoms with Gasteiger partial charge in [-0.25, -0.2) is 0 Å². The van der Waals surface area contributed by atoms with Crippen LogP contribution in [0.15, 0.2) is 0 Å². The van der Waals surface area contributed by atoms with Gasteiger partial charge >= 0.3 is 9.28 Å². The Morgan fingerprint density at radius 1 is 1.23 bits per heavy atom. The molecule has 0 saturated carbocycles. The quantitative estimate of drug-likeness (QED) is 0.511. The minimum atomic E-state index is -1.21. The molecule has 0 amide bonds. The summed E-state index contributed by atoms with van der Waals surface area (Å²) in [5.74, 6) is 0. The molecule has 0 aliphatic heterocycles. The standard InChI is InChI=1S/C6H16O2Si.C2H8N2/c1-4-5-6-9(7-2)8-3;1-2(3)4/h9H,4-6H2,1-3H3;2H,3-4H2,1H3. The maximum Gasteiger partial charge on any atom is 0.320 e. The normalized spacial score (nSPS) is 10.2. The highest BCUT2D eigenvalue weighted by molar-refractivity contribution is 6.44. The van der Waals surface area contributed by atoms with Gasteiger partial charge in [-0.2, -0.15) is 0 Å². The average Bonchev–Trinajstić information content (AvgIpc) is 2.06. The number of hydrogen-bond acceptors (Lipinski definition) is 4. The van der Waals surface area contributed by atoms with Gasteiger partial charge in [0.1, 0.15) is 0 Å². The van der Waals surface area contributed by atoms with E-state index in [9.17, 15) is 0 Å². The van der Waals surface area contributed by atoms with Crippen LogP contribution in [0.1, 0.15) is 26.7 Å². The molecule has 4 nitrogen and oxygen atoms in total. The Hall–Kier alpha value is 0.0569. The Kier molecular flexibility index (Phi) is 14.4. The van der Waals surface area contributed by atoms with Crippen molar-refractivity contribution in [1.82, 2.24) is 0 Å². The van der Waals surface area contributed by atoms with E-state index in [1.54, 1.807) is 21.1 Å². The molecule has 0 bridgehead atoms. The van der Waals surface area contributed by atoms with Crippen molar-refractivity contribution < 1.29 is 8.85 Å². The lowest BCUT2D eigenvalue weighted by molar-refractivity contribution is 0.276. The summed E-state index contributed by atoms with van der Waals surface area (Å²) in [4.78, 5) is 0. The average molecular weight is 208 g/mol. The molecule has 0 aromatic carbocycles. The van der Waals surface area contributed by atoms with E-state index >= 15 is 0 Å². The van der Waals surface area contributed by atoms with E-state index in [0.29, 0.717) is 0 Å². The van der Waals surface area contributed by atoms with Crippen LogP contribution in [0.25, 0.3) is 0 Å². The molecular weight excluding hydrogens is 184 g/mol. The monoisotopic (exact) mass is 208 g/mol. The minimum Gasteiger partial charge on any atom is -0.400 e. The third kappa shape index (κ3) is 18.8. The molecular formula is C8H24N2O2Si. The lowest BCUT2D eigenvalue weighted by Gasteiger charge is -2.08. The summed E-state index contributed by atoms with van der Waals surface area (Å²) in [7, 11) is 2.25. The molecule has 0 fully saturated rings. The van der Waals surface area contributed by atoms with Gasteiger partial charge in [0.2, 0.25) is 0 Å². The third-order valence-electron chi connectivity index (χ3n) is 1.32. The van der Waals surface area contributed by atoms with Gasteiger partial charge < -0.3 is 20.3 Å². The number of hydrogen-bond donors (Lipinski definition) is 2. The van der Waals surface area contributed by atoms with Gasteiger partial charge in [-0.05, 0) is 13.0 Å². The molecule has 4 N–H and O–H groups in total. The highest BCUT2D eigenvalue weighted by atomic mass is 28.3. The highest BCUT2D eigenvalue weighted by Gasteiger charge is 2.06. The van der Waals surface area contributed by atoms with Crippen molar-refractivity contribution in [1.29, 1.82) is 0 Å². The zero-order valence-electron chi connectivity index (χ0n) is 9.25. The molecule has 0 atom stereocenters. The molecule has 0 unspecified atom stereocenters. The van der Waals surface area contributed by atoms with Crippen LogP contribution < -0.4 is 11.5 Å². The van der Waals surface area contributed by atoms with Crippen LogP contribution in [0.2, 0.25) is 6.04 Å². The van der Waals surface area contributed by atoms with Crippen LogP contribution in [-0.4, -0.2) is 29.7 Å². The predicted molar refractivity (Wildman–Crippen MR) is 58.7 cm³/mol. The zero-order valence-corrected chi connectivity index (χ0v) is 10.4. The zero-order chi connectivity index (χ0) is 10.7. The summed E-state index contributed by atoms with van der Waals surface area (Å²) >= 11 is 0. The van der Waals surface area contributed by atoms with Crippen LogP contribution in [0.4, 0.5) is 0 Å². The molecule has 0 saturated heterocycles. The first-order chi connectivity index (χ1) is 6.08. The summed E-state index contributed by atoms with van der Waals surface area (Å²) in [6.45, 7) is 3.90. The fraction of sp³-hybridized carbons (Fsp3) is 1.00. The highest BCUT2D eigenvalue weighted by Crippen LogP contribution is 2.01. The fourth-order valence-electron chi connectivity index (χ4n) is 0.703. The van der Waals surface area contributed by atoms with Crippen LogP contribution in [0.5, 0.6) is 0 Å². The van der Waals surface area contributed by atoms with Crippen LogP contribution in [0, 0.1) is 0 Å². The van der Waals surface area contributed by atoms with Gasteiger partial charge in [-0.1, -0.05) is 19.8 Å². The third-order valence-corrected chi connectivity index (χ3v) is 3.25. The molecule has 0 aliphatic carbocycles. The van der Waals surface area contributed by atoms with Crippen LogP contribution >= 0.6 is 0 Å². The Balaban J connectivity index is 0. The van der Waals surface area contributed by atoms with Gasteiger partial charge in [0, 0.05) is 20.4 Å². The lowest BCUT2D eigenvalue weighted by Crippen LogP contribution is -2.25. The molecule has 0 aromatic rings. The van der Waals surface area contributed by atoms with E-state index in [4.69, 9.17) is 20.3 Å². The van der Waals surface area contributed by atoms with E-state index in [2.05, 4.69) is 6.92 Å². The molecule has 0 spiro atoms. The maximum absolute atomic E-state index is 5.12. The van der Waals surface area contributed by atoms with Gasteiger partial charge in [0.15, 0.2) is 0 Å². The van der Waals surface area contributed by atoms with Crippen molar-refractivity contribution in [2.75, 3.05) is 14.2 Å². The molecule has 0 heterocycles. The van der Waals surface area contributed by atoms with Crippen molar-refractivity contribution in [3.8, 4) is 0 Å². The van der Waals surface area contributed by atoms with E-state index in [1.165, 1.54) is 12.8 Å². The Labute approximate surface area is 83.4 Å². The molecule has 5 heteroatoms. The summed E-state index contributed by atoms with van der Waals surface area (Å²) < 4.78 is 10.2. The van der Waals surface area contributed by atoms with Crippen LogP contribution in [-0.2, 0) is 8.85 Å². The topological polar surface area (TPSA) is 70.5 Å². The molecule has 13 heavy (non-hydrogen) atoms. The SMILES string of the molecule is CC(N)N.CCCC[SiH](OC)OC. The smallest absolute Gasteiger partial charge is 0.320 e. The Morgan fingerprint density at radius 3 is 1.85 bits per heavy atom. The van der Waals surface area contributed by atoms with Gasteiger partial charge in [0.05, 0.1) is 0 Å². The molecule has 0 aromatic heterocycles. The van der Waals surface area contributed by atoms with Gasteiger partial charge in [-0.15, -0.1) is 0 Å². The molecule has 0 radical (unpaired) electrons. The summed E-state index contributed by atoms with van der Waals surface area (Å²) in [6, 6.07) is 1.14. The maximum atomic E-state index is 5.12. The first-order valence-corrected chi connectivity index (χ1v) is 6.41. The minimum absolute atomic E-state index is 0.167. The largest absolute Gasteiger partial charge is 0.400 e. The van der Waals surface area contributed by atoms with E-state index in [0.717, 1.165) is 6.04 Å². The van der Waals surface area contributed by atoms with Gasteiger partial charge in [-0.3, -0.25) is 0 Å². The van der Waals surface area contributed by atoms with Crippen molar-refractivity contribution in [3.05, 3.63) is 0 Å². The van der Waals surface area contributed by atoms with E-state index < -0.39 is 9.28 Å². The number of nitrogens with two attached hydrogens (primary N) is 2. The number of rotatable bonds is 5. The first-order valence-electron chi connectivity index (χ1n) is 4.65. The number of unbranched alkanes of at least 4 members (excludes halogenated alkanes) is 1. The summed E-state index contributed by atoms with van der Waals surface area (Å²) in [6.07, 6.45) is 2.30. The van der Waals surface area contributed by atoms with E-state index in [-0.39, 0.29) is 6.17 Å². The summed E-state index contributed by atoms with van der Waals surface area (Å²) in [5, 5.41) is 0. The fourth-order valence-corrected chi connectivity index (χ4v) is 2.11. The predicted octanol–water partition coefficient (Wildman–Crippen LogP) is 0.550. The second-order valence-electron chi connectivity index (χ2n) is 2.90. The molecule has 82 valence electrons. The van der Waals surface area contributed by atoms with Gasteiger partial charge in [0.25, 0.3) is 0 Å². The van der Waals surface area contributed by atoms with Crippen LogP contribution in [0.3, 0.4) is 0 Å². The second kappa shape index (κ2) is 12.1. The van der Waals surface area contributed by atoms with E-state index in [1.807, 2.05) is 0 Å². The Bertz CT molecular complexity index is 87.5. The van der Waals surface area contributed by atoms with Crippen molar-refractivity contribution in [2.45, 2.75) is 38.9 Å². The molecule has 0 aliphatic rings. The van der Waals surface area contributed by atoms with Crippen molar-refractivity contribution >= 4 is 9.28 Å². The van der Waals surface area contributed by atoms with Crippen molar-refractivity contribution in [2.24, 2.45) is 11.5 Å².